The Morgan fingerprint density at radius 3 is 2.58 bits per heavy atom. The maximum Gasteiger partial charge on any atom is 0.256 e. The molecule has 0 fully saturated rings. The van der Waals surface area contributed by atoms with Crippen molar-refractivity contribution in [2.24, 2.45) is 0 Å². The standard InChI is InChI=1S/C15H12BrNO2/c1-8-7-11(19-2)13(16)12-9-5-3-4-6-10(9)15(18)17-14(8)12/h3-7H,1-2H3,(H,17,18). The molecular formula is C15H12BrNO2. The summed E-state index contributed by atoms with van der Waals surface area (Å²) in [6, 6.07) is 9.50. The molecule has 0 aliphatic carbocycles. The minimum absolute atomic E-state index is 0.0664. The van der Waals surface area contributed by atoms with E-state index in [0.717, 1.165) is 32.1 Å². The first kappa shape index (κ1) is 12.2. The van der Waals surface area contributed by atoms with Crippen molar-refractivity contribution in [2.75, 3.05) is 7.11 Å². The first-order valence-corrected chi connectivity index (χ1v) is 6.70. The Hall–Kier alpha value is -1.81. The van der Waals surface area contributed by atoms with Crippen molar-refractivity contribution >= 4 is 37.6 Å². The molecule has 19 heavy (non-hydrogen) atoms. The van der Waals surface area contributed by atoms with Gasteiger partial charge in [-0.05, 0) is 45.9 Å². The zero-order valence-electron chi connectivity index (χ0n) is 10.6. The summed E-state index contributed by atoms with van der Waals surface area (Å²) in [5.41, 5.74) is 1.76. The molecule has 4 heteroatoms. The average Bonchev–Trinajstić information content (AvgIpc) is 2.43. The van der Waals surface area contributed by atoms with E-state index < -0.39 is 0 Å². The van der Waals surface area contributed by atoms with Gasteiger partial charge in [0.25, 0.3) is 5.56 Å². The molecular weight excluding hydrogens is 306 g/mol. The minimum atomic E-state index is -0.0664. The van der Waals surface area contributed by atoms with Gasteiger partial charge in [0.1, 0.15) is 5.75 Å². The van der Waals surface area contributed by atoms with Crippen molar-refractivity contribution in [3.05, 3.63) is 50.7 Å². The van der Waals surface area contributed by atoms with Crippen LogP contribution < -0.4 is 10.3 Å². The van der Waals surface area contributed by atoms with E-state index in [1.807, 2.05) is 37.3 Å². The number of methoxy groups -OCH3 is 1. The molecule has 1 aromatic heterocycles. The van der Waals surface area contributed by atoms with Gasteiger partial charge in [-0.1, -0.05) is 18.2 Å². The number of aromatic amines is 1. The second-order valence-electron chi connectivity index (χ2n) is 4.46. The van der Waals surface area contributed by atoms with Gasteiger partial charge < -0.3 is 9.72 Å². The van der Waals surface area contributed by atoms with Gasteiger partial charge in [0.15, 0.2) is 0 Å². The lowest BCUT2D eigenvalue weighted by Crippen LogP contribution is -2.07. The second kappa shape index (κ2) is 4.38. The largest absolute Gasteiger partial charge is 0.496 e. The summed E-state index contributed by atoms with van der Waals surface area (Å²) in [4.78, 5) is 15.1. The number of halogens is 1. The van der Waals surface area contributed by atoms with Crippen molar-refractivity contribution in [3.8, 4) is 5.75 Å². The minimum Gasteiger partial charge on any atom is -0.496 e. The molecule has 0 bridgehead atoms. The number of ether oxygens (including phenoxy) is 1. The second-order valence-corrected chi connectivity index (χ2v) is 5.25. The predicted octanol–water partition coefficient (Wildman–Crippen LogP) is 3.76. The molecule has 0 saturated heterocycles. The molecule has 96 valence electrons. The van der Waals surface area contributed by atoms with Crippen LogP contribution in [0.4, 0.5) is 0 Å². The maximum atomic E-state index is 12.1. The Morgan fingerprint density at radius 2 is 1.89 bits per heavy atom. The van der Waals surface area contributed by atoms with Crippen molar-refractivity contribution < 1.29 is 4.74 Å². The Kier molecular flexibility index (Phi) is 2.82. The number of hydrogen-bond donors (Lipinski definition) is 1. The van der Waals surface area contributed by atoms with Gasteiger partial charge in [-0.3, -0.25) is 4.79 Å². The fourth-order valence-corrected chi connectivity index (χ4v) is 3.09. The zero-order chi connectivity index (χ0) is 13.6. The molecule has 3 rings (SSSR count). The number of nitrogens with one attached hydrogen (secondary N) is 1. The molecule has 3 aromatic rings. The topological polar surface area (TPSA) is 42.1 Å². The third-order valence-corrected chi connectivity index (χ3v) is 4.11. The summed E-state index contributed by atoms with van der Waals surface area (Å²) in [6.45, 7) is 1.96. The van der Waals surface area contributed by atoms with Crippen LogP contribution in [-0.2, 0) is 0 Å². The van der Waals surface area contributed by atoms with E-state index in [1.54, 1.807) is 7.11 Å². The number of aryl methyl sites for hydroxylation is 1. The van der Waals surface area contributed by atoms with E-state index in [4.69, 9.17) is 4.74 Å². The molecule has 1 N–H and O–H groups in total. The lowest BCUT2D eigenvalue weighted by atomic mass is 10.0. The van der Waals surface area contributed by atoms with Gasteiger partial charge in [0.05, 0.1) is 17.1 Å². The van der Waals surface area contributed by atoms with Crippen LogP contribution in [0.1, 0.15) is 5.56 Å². The van der Waals surface area contributed by atoms with Gasteiger partial charge in [0.2, 0.25) is 0 Å². The summed E-state index contributed by atoms with van der Waals surface area (Å²) in [5, 5.41) is 2.59. The molecule has 0 unspecified atom stereocenters. The normalized spacial score (nSPS) is 11.1. The SMILES string of the molecule is COc1cc(C)c2[nH]c(=O)c3ccccc3c2c1Br. The fraction of sp³-hybridized carbons (Fsp3) is 0.133. The monoisotopic (exact) mass is 317 g/mol. The van der Waals surface area contributed by atoms with Gasteiger partial charge in [-0.2, -0.15) is 0 Å². The van der Waals surface area contributed by atoms with Crippen LogP contribution in [0.3, 0.4) is 0 Å². The van der Waals surface area contributed by atoms with E-state index in [0.29, 0.717) is 5.39 Å². The first-order valence-electron chi connectivity index (χ1n) is 5.91. The van der Waals surface area contributed by atoms with Crippen molar-refractivity contribution in [2.45, 2.75) is 6.92 Å². The smallest absolute Gasteiger partial charge is 0.256 e. The lowest BCUT2D eigenvalue weighted by Gasteiger charge is -2.12. The van der Waals surface area contributed by atoms with E-state index in [2.05, 4.69) is 20.9 Å². The van der Waals surface area contributed by atoms with E-state index in [1.165, 1.54) is 0 Å². The lowest BCUT2D eigenvalue weighted by molar-refractivity contribution is 0.412. The number of rotatable bonds is 1. The molecule has 0 amide bonds. The van der Waals surface area contributed by atoms with Crippen LogP contribution >= 0.6 is 15.9 Å². The van der Waals surface area contributed by atoms with Crippen LogP contribution in [0.5, 0.6) is 5.75 Å². The number of hydrogen-bond acceptors (Lipinski definition) is 2. The highest BCUT2D eigenvalue weighted by atomic mass is 79.9. The van der Waals surface area contributed by atoms with Crippen molar-refractivity contribution in [1.82, 2.24) is 4.98 Å². The van der Waals surface area contributed by atoms with Gasteiger partial charge >= 0.3 is 0 Å². The number of H-pyrrole nitrogens is 1. The summed E-state index contributed by atoms with van der Waals surface area (Å²) in [6.07, 6.45) is 0. The van der Waals surface area contributed by atoms with Crippen LogP contribution in [0, 0.1) is 6.92 Å². The Balaban J connectivity index is 2.67. The Bertz CT molecular complexity index is 852. The molecule has 0 radical (unpaired) electrons. The van der Waals surface area contributed by atoms with E-state index in [9.17, 15) is 4.79 Å². The molecule has 3 nitrogen and oxygen atoms in total. The van der Waals surface area contributed by atoms with Crippen LogP contribution in [-0.4, -0.2) is 12.1 Å². The summed E-state index contributed by atoms with van der Waals surface area (Å²) < 4.78 is 6.24. The molecule has 0 atom stereocenters. The van der Waals surface area contributed by atoms with Gasteiger partial charge in [0, 0.05) is 10.8 Å². The van der Waals surface area contributed by atoms with Crippen molar-refractivity contribution in [3.63, 3.8) is 0 Å². The van der Waals surface area contributed by atoms with Gasteiger partial charge in [-0.25, -0.2) is 0 Å². The predicted molar refractivity (Wildman–Crippen MR) is 81.1 cm³/mol. The molecule has 0 saturated carbocycles. The quantitative estimate of drug-likeness (QED) is 0.694. The average molecular weight is 318 g/mol. The van der Waals surface area contributed by atoms with E-state index >= 15 is 0 Å². The number of benzene rings is 2. The number of pyridine rings is 1. The van der Waals surface area contributed by atoms with Crippen LogP contribution in [0.25, 0.3) is 21.7 Å². The Morgan fingerprint density at radius 1 is 1.21 bits per heavy atom. The number of fused-ring (bicyclic) bond motifs is 3. The highest BCUT2D eigenvalue weighted by molar-refractivity contribution is 9.10. The van der Waals surface area contributed by atoms with Crippen LogP contribution in [0.2, 0.25) is 0 Å². The molecule has 2 aromatic carbocycles. The first-order chi connectivity index (χ1) is 9.13. The third kappa shape index (κ3) is 1.75. The molecule has 1 heterocycles. The van der Waals surface area contributed by atoms with Crippen molar-refractivity contribution in [1.29, 1.82) is 0 Å². The van der Waals surface area contributed by atoms with Crippen LogP contribution in [0.15, 0.2) is 39.6 Å². The maximum absolute atomic E-state index is 12.1. The highest BCUT2D eigenvalue weighted by Crippen LogP contribution is 2.37. The zero-order valence-corrected chi connectivity index (χ0v) is 12.2. The Labute approximate surface area is 118 Å². The molecule has 0 aliphatic rings. The molecule has 0 aliphatic heterocycles. The molecule has 0 spiro atoms. The van der Waals surface area contributed by atoms with E-state index in [-0.39, 0.29) is 5.56 Å². The fourth-order valence-electron chi connectivity index (χ4n) is 2.40. The summed E-state index contributed by atoms with van der Waals surface area (Å²) in [5.74, 6) is 0.766. The van der Waals surface area contributed by atoms with Gasteiger partial charge in [-0.15, -0.1) is 0 Å². The third-order valence-electron chi connectivity index (χ3n) is 3.33. The number of aromatic nitrogens is 1. The highest BCUT2D eigenvalue weighted by Gasteiger charge is 2.13. The summed E-state index contributed by atoms with van der Waals surface area (Å²) in [7, 11) is 1.64. The summed E-state index contributed by atoms with van der Waals surface area (Å²) >= 11 is 3.57.